The van der Waals surface area contributed by atoms with E-state index in [2.05, 4.69) is 4.98 Å². The maximum Gasteiger partial charge on any atom is 0.353 e. The molecule has 1 amide bonds. The first-order valence-corrected chi connectivity index (χ1v) is 8.95. The minimum atomic E-state index is -1.07. The molecule has 1 N–H and O–H groups in total. The molecule has 1 aromatic carbocycles. The van der Waals surface area contributed by atoms with Gasteiger partial charge in [0.1, 0.15) is 11.1 Å². The van der Waals surface area contributed by atoms with Gasteiger partial charge in [-0.1, -0.05) is 6.07 Å². The average Bonchev–Trinajstić information content (AvgIpc) is 3.24. The van der Waals surface area contributed by atoms with Crippen LogP contribution in [-0.4, -0.2) is 36.6 Å². The number of benzene rings is 1. The average molecular weight is 355 g/mol. The molecule has 0 radical (unpaired) electrons. The monoisotopic (exact) mass is 355 g/mol. The van der Waals surface area contributed by atoms with E-state index >= 15 is 0 Å². The molecular weight excluding hydrogens is 346 g/mol. The van der Waals surface area contributed by atoms with Crippen LogP contribution in [-0.2, 0) is 9.59 Å². The zero-order valence-corrected chi connectivity index (χ0v) is 13.7. The van der Waals surface area contributed by atoms with E-state index in [0.717, 1.165) is 21.6 Å². The Morgan fingerprint density at radius 1 is 1.38 bits per heavy atom. The number of carbonyl (C=O) groups excluding carboxylic acids is 1. The highest BCUT2D eigenvalue weighted by atomic mass is 32.2. The van der Waals surface area contributed by atoms with E-state index in [9.17, 15) is 9.59 Å². The van der Waals surface area contributed by atoms with Gasteiger partial charge in [0, 0.05) is 17.0 Å². The Labute approximate surface area is 143 Å². The molecular formula is C16H9N3O3S2. The number of imidazole rings is 1. The van der Waals surface area contributed by atoms with Crippen LogP contribution in [0.5, 0.6) is 0 Å². The van der Waals surface area contributed by atoms with Crippen LogP contribution in [0.25, 0.3) is 22.1 Å². The molecule has 8 heteroatoms. The Morgan fingerprint density at radius 2 is 2.25 bits per heavy atom. The van der Waals surface area contributed by atoms with E-state index in [1.165, 1.54) is 22.1 Å². The number of aliphatic carboxylic acids is 1. The number of rotatable bonds is 2. The molecule has 0 spiro atoms. The van der Waals surface area contributed by atoms with Gasteiger partial charge in [-0.05, 0) is 23.8 Å². The fourth-order valence-corrected chi connectivity index (χ4v) is 4.85. The number of amides is 1. The number of hydrogen-bond acceptors (Lipinski definition) is 5. The normalized spacial score (nSPS) is 21.4. The predicted octanol–water partition coefficient (Wildman–Crippen LogP) is 2.77. The largest absolute Gasteiger partial charge is 0.477 e. The van der Waals surface area contributed by atoms with Crippen LogP contribution in [0.3, 0.4) is 0 Å². The first-order chi connectivity index (χ1) is 11.6. The second-order valence-corrected chi connectivity index (χ2v) is 7.31. The maximum atomic E-state index is 12.3. The highest BCUT2D eigenvalue weighted by Gasteiger charge is 2.49. The summed E-state index contributed by atoms with van der Waals surface area (Å²) in [5.41, 5.74) is 3.49. The molecule has 2 aliphatic rings. The van der Waals surface area contributed by atoms with Gasteiger partial charge < -0.3 is 5.11 Å². The van der Waals surface area contributed by atoms with Gasteiger partial charge in [-0.25, -0.2) is 9.78 Å². The number of fused-ring (bicyclic) bond motifs is 4. The van der Waals surface area contributed by atoms with Crippen LogP contribution >= 0.6 is 23.1 Å². The van der Waals surface area contributed by atoms with E-state index in [1.807, 2.05) is 40.3 Å². The van der Waals surface area contributed by atoms with Crippen molar-refractivity contribution in [3.63, 3.8) is 0 Å². The van der Waals surface area contributed by atoms with Crippen molar-refractivity contribution in [2.45, 2.75) is 5.37 Å². The summed E-state index contributed by atoms with van der Waals surface area (Å²) < 4.78 is 2.02. The van der Waals surface area contributed by atoms with Gasteiger partial charge in [-0.2, -0.15) is 0 Å². The molecule has 1 atom stereocenters. The molecule has 4 heterocycles. The number of carboxylic acid groups (broad SMARTS) is 1. The van der Waals surface area contributed by atoms with Crippen LogP contribution in [0.15, 0.2) is 46.5 Å². The molecule has 3 aromatic rings. The Bertz CT molecular complexity index is 1110. The summed E-state index contributed by atoms with van der Waals surface area (Å²) in [6.45, 7) is 0. The summed E-state index contributed by atoms with van der Waals surface area (Å²) in [5, 5.41) is 12.4. The third-order valence-corrected chi connectivity index (χ3v) is 5.98. The number of thioether (sulfide) groups is 1. The van der Waals surface area contributed by atoms with Gasteiger partial charge in [-0.3, -0.25) is 14.1 Å². The van der Waals surface area contributed by atoms with E-state index in [4.69, 9.17) is 5.11 Å². The molecule has 0 bridgehead atoms. The van der Waals surface area contributed by atoms with Crippen molar-refractivity contribution >= 4 is 57.0 Å². The highest BCUT2D eigenvalue weighted by Crippen LogP contribution is 2.45. The second kappa shape index (κ2) is 4.71. The van der Waals surface area contributed by atoms with E-state index in [-0.39, 0.29) is 17.0 Å². The van der Waals surface area contributed by atoms with Crippen molar-refractivity contribution in [3.8, 4) is 0 Å². The molecule has 2 aliphatic heterocycles. The lowest BCUT2D eigenvalue weighted by Gasteiger charge is -2.37. The minimum absolute atomic E-state index is 0.0540. The predicted molar refractivity (Wildman–Crippen MR) is 92.5 cm³/mol. The first kappa shape index (κ1) is 13.8. The molecule has 0 unspecified atom stereocenters. The Kier molecular flexibility index (Phi) is 2.71. The Balaban J connectivity index is 1.54. The second-order valence-electron chi connectivity index (χ2n) is 5.49. The highest BCUT2D eigenvalue weighted by molar-refractivity contribution is 8.03. The van der Waals surface area contributed by atoms with Gasteiger partial charge in [0.25, 0.3) is 5.91 Å². The standard InChI is InChI=1S/C16H9N3O3S2/c20-13-9(14-19(13)12(7-24-14)15(21)22)5-8-1-2-10-11(6-8)18-3-4-23-16(18)17-10/h1-7,14H,(H,21,22)/b9-5-/t14-/m1/s1. The number of aromatic nitrogens is 2. The van der Waals surface area contributed by atoms with Crippen LogP contribution in [0.2, 0.25) is 0 Å². The van der Waals surface area contributed by atoms with Crippen LogP contribution < -0.4 is 0 Å². The number of carboxylic acids is 1. The topological polar surface area (TPSA) is 74.9 Å². The Morgan fingerprint density at radius 3 is 3.08 bits per heavy atom. The SMILES string of the molecule is O=C(O)C1=CS[C@@H]2/C(=C\c3ccc4nc5sccn5c4c3)C(=O)N12. The van der Waals surface area contributed by atoms with E-state index in [0.29, 0.717) is 5.57 Å². The molecule has 118 valence electrons. The fraction of sp³-hybridized carbons (Fsp3) is 0.0625. The zero-order chi connectivity index (χ0) is 16.4. The van der Waals surface area contributed by atoms with Gasteiger partial charge in [0.05, 0.1) is 16.6 Å². The number of nitrogens with zero attached hydrogens (tertiary/aromatic N) is 3. The third kappa shape index (κ3) is 1.75. The maximum absolute atomic E-state index is 12.3. The lowest BCUT2D eigenvalue weighted by molar-refractivity contribution is -0.141. The van der Waals surface area contributed by atoms with E-state index in [1.54, 1.807) is 11.3 Å². The van der Waals surface area contributed by atoms with Gasteiger partial charge in [0.2, 0.25) is 0 Å². The fourth-order valence-electron chi connectivity index (χ4n) is 3.00. The molecule has 5 rings (SSSR count). The summed E-state index contributed by atoms with van der Waals surface area (Å²) in [6, 6.07) is 5.86. The molecule has 24 heavy (non-hydrogen) atoms. The molecule has 1 fully saturated rings. The number of carbonyl (C=O) groups is 2. The smallest absolute Gasteiger partial charge is 0.353 e. The molecule has 0 saturated carbocycles. The third-order valence-electron chi connectivity index (χ3n) is 4.14. The summed E-state index contributed by atoms with van der Waals surface area (Å²) in [4.78, 5) is 30.2. The molecule has 2 aromatic heterocycles. The number of thiazole rings is 1. The van der Waals surface area contributed by atoms with Crippen molar-refractivity contribution in [3.05, 3.63) is 52.0 Å². The summed E-state index contributed by atoms with van der Waals surface area (Å²) in [6.07, 6.45) is 3.80. The van der Waals surface area contributed by atoms with Gasteiger partial charge in [0.15, 0.2) is 4.96 Å². The zero-order valence-electron chi connectivity index (χ0n) is 12.0. The van der Waals surface area contributed by atoms with Crippen molar-refractivity contribution in [2.24, 2.45) is 0 Å². The minimum Gasteiger partial charge on any atom is -0.477 e. The van der Waals surface area contributed by atoms with E-state index < -0.39 is 5.97 Å². The van der Waals surface area contributed by atoms with Crippen LogP contribution in [0, 0.1) is 0 Å². The van der Waals surface area contributed by atoms with Gasteiger partial charge >= 0.3 is 5.97 Å². The van der Waals surface area contributed by atoms with Gasteiger partial charge in [-0.15, -0.1) is 23.1 Å². The van der Waals surface area contributed by atoms with Crippen molar-refractivity contribution in [1.82, 2.24) is 14.3 Å². The van der Waals surface area contributed by atoms with Crippen molar-refractivity contribution in [2.75, 3.05) is 0 Å². The molecule has 0 aliphatic carbocycles. The van der Waals surface area contributed by atoms with Crippen molar-refractivity contribution in [1.29, 1.82) is 0 Å². The summed E-state index contributed by atoms with van der Waals surface area (Å²) in [7, 11) is 0. The number of hydrogen-bond donors (Lipinski definition) is 1. The Hall–Kier alpha value is -2.58. The van der Waals surface area contributed by atoms with Crippen LogP contribution in [0.1, 0.15) is 5.56 Å². The lowest BCUT2D eigenvalue weighted by atomic mass is 10.0. The quantitative estimate of drug-likeness (QED) is 0.565. The lowest BCUT2D eigenvalue weighted by Crippen LogP contribution is -2.51. The summed E-state index contributed by atoms with van der Waals surface area (Å²) in [5.74, 6) is -1.31. The summed E-state index contributed by atoms with van der Waals surface area (Å²) >= 11 is 2.92. The molecule has 6 nitrogen and oxygen atoms in total. The van der Waals surface area contributed by atoms with Crippen molar-refractivity contribution < 1.29 is 14.7 Å². The number of β-lactam (4-membered cyclic amide) rings is 1. The first-order valence-electron chi connectivity index (χ1n) is 7.13. The van der Waals surface area contributed by atoms with Crippen LogP contribution in [0.4, 0.5) is 0 Å². The molecule has 1 saturated heterocycles.